The minimum atomic E-state index is 0.329. The average molecular weight is 251 g/mol. The van der Waals surface area contributed by atoms with E-state index in [4.69, 9.17) is 5.73 Å². The van der Waals surface area contributed by atoms with Gasteiger partial charge in [-0.2, -0.15) is 9.97 Å². The molecule has 1 aromatic rings. The van der Waals surface area contributed by atoms with E-state index in [0.29, 0.717) is 5.95 Å². The summed E-state index contributed by atoms with van der Waals surface area (Å²) in [6, 6.07) is 1.96. The second-order valence-corrected chi connectivity index (χ2v) is 4.41. The quantitative estimate of drug-likeness (QED) is 0.743. The molecule has 5 nitrogen and oxygen atoms in total. The third-order valence-electron chi connectivity index (χ3n) is 2.87. The van der Waals surface area contributed by atoms with Crippen LogP contribution in [0, 0.1) is 0 Å². The normalized spacial score (nSPS) is 10.4. The van der Waals surface area contributed by atoms with Crippen LogP contribution in [0.2, 0.25) is 0 Å². The molecule has 0 aliphatic carbocycles. The number of nitrogens with one attached hydrogen (secondary N) is 1. The average Bonchev–Trinajstić information content (AvgIpc) is 2.38. The van der Waals surface area contributed by atoms with Crippen molar-refractivity contribution < 1.29 is 0 Å². The van der Waals surface area contributed by atoms with Crippen molar-refractivity contribution >= 4 is 17.6 Å². The standard InChI is InChI=1S/C13H25N5/c1-4-6-8-18(9-7-5-2)12-10-11(15-3)16-13(14)17-12/h10H,4-9H2,1-3H3,(H3,14,15,16,17). The zero-order valence-corrected chi connectivity index (χ0v) is 11.7. The number of unbranched alkanes of at least 4 members (excludes halogenated alkanes) is 2. The van der Waals surface area contributed by atoms with Crippen LogP contribution in [0.15, 0.2) is 6.07 Å². The Balaban J connectivity index is 2.84. The first-order valence-electron chi connectivity index (χ1n) is 6.78. The molecule has 1 rings (SSSR count). The fraction of sp³-hybridized carbons (Fsp3) is 0.692. The minimum absolute atomic E-state index is 0.329. The van der Waals surface area contributed by atoms with Gasteiger partial charge in [-0.05, 0) is 12.8 Å². The molecule has 0 spiro atoms. The van der Waals surface area contributed by atoms with E-state index >= 15 is 0 Å². The van der Waals surface area contributed by atoms with Crippen LogP contribution in [0.25, 0.3) is 0 Å². The lowest BCUT2D eigenvalue weighted by Gasteiger charge is -2.24. The molecule has 0 fully saturated rings. The maximum absolute atomic E-state index is 5.74. The molecule has 0 saturated heterocycles. The van der Waals surface area contributed by atoms with Crippen LogP contribution in [0.3, 0.4) is 0 Å². The van der Waals surface area contributed by atoms with E-state index in [1.54, 1.807) is 0 Å². The molecule has 1 aromatic heterocycles. The summed E-state index contributed by atoms with van der Waals surface area (Å²) in [6.45, 7) is 6.45. The van der Waals surface area contributed by atoms with Crippen molar-refractivity contribution in [2.45, 2.75) is 39.5 Å². The van der Waals surface area contributed by atoms with E-state index < -0.39 is 0 Å². The van der Waals surface area contributed by atoms with Crippen molar-refractivity contribution in [3.8, 4) is 0 Å². The molecule has 5 heteroatoms. The summed E-state index contributed by atoms with van der Waals surface area (Å²) in [7, 11) is 1.84. The Kier molecular flexibility index (Phi) is 6.25. The van der Waals surface area contributed by atoms with Crippen LogP contribution in [-0.4, -0.2) is 30.1 Å². The number of hydrogen-bond acceptors (Lipinski definition) is 5. The Bertz CT molecular complexity index is 345. The van der Waals surface area contributed by atoms with Gasteiger partial charge in [0.1, 0.15) is 11.6 Å². The smallest absolute Gasteiger partial charge is 0.223 e. The second kappa shape index (κ2) is 7.74. The molecule has 0 aromatic carbocycles. The summed E-state index contributed by atoms with van der Waals surface area (Å²) in [5.74, 6) is 2.03. The van der Waals surface area contributed by atoms with Gasteiger partial charge in [0.05, 0.1) is 0 Å². The van der Waals surface area contributed by atoms with Crippen LogP contribution >= 0.6 is 0 Å². The van der Waals surface area contributed by atoms with Crippen molar-refractivity contribution in [3.05, 3.63) is 6.07 Å². The molecule has 0 saturated carbocycles. The monoisotopic (exact) mass is 251 g/mol. The Morgan fingerprint density at radius 1 is 1.17 bits per heavy atom. The Morgan fingerprint density at radius 2 is 1.78 bits per heavy atom. The van der Waals surface area contributed by atoms with Crippen LogP contribution in [0.5, 0.6) is 0 Å². The summed E-state index contributed by atoms with van der Waals surface area (Å²) < 4.78 is 0. The zero-order chi connectivity index (χ0) is 13.4. The lowest BCUT2D eigenvalue weighted by molar-refractivity contribution is 0.671. The van der Waals surface area contributed by atoms with Gasteiger partial charge >= 0.3 is 0 Å². The molecule has 18 heavy (non-hydrogen) atoms. The summed E-state index contributed by atoms with van der Waals surface area (Å²) in [5, 5.41) is 3.02. The predicted molar refractivity (Wildman–Crippen MR) is 78.0 cm³/mol. The predicted octanol–water partition coefficient (Wildman–Crippen LogP) is 2.51. The number of nitrogens with two attached hydrogens (primary N) is 1. The maximum atomic E-state index is 5.74. The number of hydrogen-bond donors (Lipinski definition) is 2. The van der Waals surface area contributed by atoms with Crippen molar-refractivity contribution in [1.82, 2.24) is 9.97 Å². The number of nitrogen functional groups attached to an aromatic ring is 1. The van der Waals surface area contributed by atoms with Gasteiger partial charge in [0.15, 0.2) is 0 Å². The van der Waals surface area contributed by atoms with E-state index in [9.17, 15) is 0 Å². The Hall–Kier alpha value is -1.52. The SMILES string of the molecule is CCCCN(CCCC)c1cc(NC)nc(N)n1. The third kappa shape index (κ3) is 4.39. The van der Waals surface area contributed by atoms with E-state index in [0.717, 1.165) is 24.7 Å². The van der Waals surface area contributed by atoms with Crippen molar-refractivity contribution in [1.29, 1.82) is 0 Å². The summed E-state index contributed by atoms with van der Waals surface area (Å²) in [6.07, 6.45) is 4.70. The molecule has 0 bridgehead atoms. The van der Waals surface area contributed by atoms with Crippen molar-refractivity contribution in [2.24, 2.45) is 0 Å². The first-order valence-corrected chi connectivity index (χ1v) is 6.78. The lowest BCUT2D eigenvalue weighted by Crippen LogP contribution is -2.27. The number of rotatable bonds is 8. The van der Waals surface area contributed by atoms with Gasteiger partial charge < -0.3 is 16.0 Å². The fourth-order valence-corrected chi connectivity index (χ4v) is 1.78. The van der Waals surface area contributed by atoms with E-state index in [1.165, 1.54) is 25.7 Å². The second-order valence-electron chi connectivity index (χ2n) is 4.41. The van der Waals surface area contributed by atoms with E-state index in [2.05, 4.69) is 34.0 Å². The fourth-order valence-electron chi connectivity index (χ4n) is 1.78. The third-order valence-corrected chi connectivity index (χ3v) is 2.87. The van der Waals surface area contributed by atoms with Crippen molar-refractivity contribution in [3.63, 3.8) is 0 Å². The molecule has 0 aliphatic heterocycles. The van der Waals surface area contributed by atoms with E-state index in [-0.39, 0.29) is 0 Å². The molecule has 3 N–H and O–H groups in total. The van der Waals surface area contributed by atoms with Crippen molar-refractivity contribution in [2.75, 3.05) is 36.1 Å². The highest BCUT2D eigenvalue weighted by Gasteiger charge is 2.09. The van der Waals surface area contributed by atoms with Gasteiger partial charge in [-0.1, -0.05) is 26.7 Å². The molecular formula is C13H25N5. The van der Waals surface area contributed by atoms with Crippen LogP contribution < -0.4 is 16.0 Å². The highest BCUT2D eigenvalue weighted by molar-refractivity contribution is 5.52. The van der Waals surface area contributed by atoms with Gasteiger partial charge in [0.2, 0.25) is 5.95 Å². The van der Waals surface area contributed by atoms with Gasteiger partial charge in [-0.15, -0.1) is 0 Å². The van der Waals surface area contributed by atoms with Crippen LogP contribution in [0.4, 0.5) is 17.6 Å². The van der Waals surface area contributed by atoms with Gasteiger partial charge in [-0.3, -0.25) is 0 Å². The molecule has 0 unspecified atom stereocenters. The van der Waals surface area contributed by atoms with Gasteiger partial charge in [0.25, 0.3) is 0 Å². The zero-order valence-electron chi connectivity index (χ0n) is 11.7. The minimum Gasteiger partial charge on any atom is -0.373 e. The largest absolute Gasteiger partial charge is 0.373 e. The molecule has 0 atom stereocenters. The highest BCUT2D eigenvalue weighted by atomic mass is 15.2. The molecule has 0 aliphatic rings. The molecule has 0 radical (unpaired) electrons. The molecule has 102 valence electrons. The summed E-state index contributed by atoms with van der Waals surface area (Å²) >= 11 is 0. The topological polar surface area (TPSA) is 67.1 Å². The first kappa shape index (κ1) is 14.5. The molecule has 0 amide bonds. The van der Waals surface area contributed by atoms with Gasteiger partial charge in [0, 0.05) is 26.2 Å². The van der Waals surface area contributed by atoms with Gasteiger partial charge in [-0.25, -0.2) is 0 Å². The number of aromatic nitrogens is 2. The Morgan fingerprint density at radius 3 is 2.28 bits per heavy atom. The first-order chi connectivity index (χ1) is 8.71. The maximum Gasteiger partial charge on any atom is 0.223 e. The highest BCUT2D eigenvalue weighted by Crippen LogP contribution is 2.18. The van der Waals surface area contributed by atoms with E-state index in [1.807, 2.05) is 13.1 Å². The lowest BCUT2D eigenvalue weighted by atomic mass is 10.2. The summed E-state index contributed by atoms with van der Waals surface area (Å²) in [5.41, 5.74) is 5.74. The number of anilines is 3. The molecule has 1 heterocycles. The Labute approximate surface area is 110 Å². The van der Waals surface area contributed by atoms with Crippen LogP contribution in [-0.2, 0) is 0 Å². The number of nitrogens with zero attached hydrogens (tertiary/aromatic N) is 3. The summed E-state index contributed by atoms with van der Waals surface area (Å²) in [4.78, 5) is 10.8. The van der Waals surface area contributed by atoms with Crippen LogP contribution in [0.1, 0.15) is 39.5 Å². The molecular weight excluding hydrogens is 226 g/mol.